The molecule has 0 heterocycles. The van der Waals surface area contributed by atoms with Crippen LogP contribution in [0.25, 0.3) is 0 Å². The van der Waals surface area contributed by atoms with Gasteiger partial charge in [0, 0.05) is 5.69 Å². The summed E-state index contributed by atoms with van der Waals surface area (Å²) in [5, 5.41) is 13.4. The van der Waals surface area contributed by atoms with Crippen molar-refractivity contribution in [1.29, 1.82) is 0 Å². The zero-order valence-electron chi connectivity index (χ0n) is 12.7. The van der Waals surface area contributed by atoms with Crippen LogP contribution in [0.15, 0.2) is 48.5 Å². The normalized spacial score (nSPS) is 13.5. The fourth-order valence-electron chi connectivity index (χ4n) is 2.36. The maximum atomic E-state index is 12.2. The molecule has 0 bridgehead atoms. The molecular formula is C18H21NO2. The van der Waals surface area contributed by atoms with Crippen molar-refractivity contribution in [2.24, 2.45) is 0 Å². The Morgan fingerprint density at radius 3 is 2.43 bits per heavy atom. The summed E-state index contributed by atoms with van der Waals surface area (Å²) in [6.07, 6.45) is 0.0182. The Labute approximate surface area is 125 Å². The zero-order chi connectivity index (χ0) is 15.5. The number of hydrogen-bond acceptors (Lipinski definition) is 2. The molecule has 3 nitrogen and oxygen atoms in total. The Morgan fingerprint density at radius 1 is 1.14 bits per heavy atom. The largest absolute Gasteiger partial charge is 0.385 e. The van der Waals surface area contributed by atoms with Crippen LogP contribution in [0.1, 0.15) is 30.0 Å². The average Bonchev–Trinajstić information content (AvgIpc) is 2.42. The van der Waals surface area contributed by atoms with Gasteiger partial charge in [0.25, 0.3) is 0 Å². The third-order valence-corrected chi connectivity index (χ3v) is 3.56. The SMILES string of the molecule is Cc1ccc(NC(=O)CC(C)(O)c2ccccc2)c(C)c1. The molecule has 110 valence electrons. The van der Waals surface area contributed by atoms with Gasteiger partial charge in [-0.2, -0.15) is 0 Å². The van der Waals surface area contributed by atoms with Crippen LogP contribution in [0.3, 0.4) is 0 Å². The van der Waals surface area contributed by atoms with E-state index < -0.39 is 5.60 Å². The van der Waals surface area contributed by atoms with E-state index >= 15 is 0 Å². The maximum Gasteiger partial charge on any atom is 0.227 e. The molecule has 1 unspecified atom stereocenters. The van der Waals surface area contributed by atoms with Crippen LogP contribution >= 0.6 is 0 Å². The van der Waals surface area contributed by atoms with Crippen molar-refractivity contribution in [2.45, 2.75) is 32.8 Å². The highest BCUT2D eigenvalue weighted by Gasteiger charge is 2.26. The lowest BCUT2D eigenvalue weighted by Crippen LogP contribution is -2.28. The summed E-state index contributed by atoms with van der Waals surface area (Å²) in [6, 6.07) is 15.1. The molecule has 1 atom stereocenters. The third-order valence-electron chi connectivity index (χ3n) is 3.56. The number of aryl methyl sites for hydroxylation is 2. The van der Waals surface area contributed by atoms with Gasteiger partial charge in [-0.15, -0.1) is 0 Å². The predicted molar refractivity (Wildman–Crippen MR) is 85.2 cm³/mol. The molecule has 2 aromatic carbocycles. The number of carbonyl (C=O) groups is 1. The molecule has 0 aliphatic heterocycles. The Balaban J connectivity index is 2.08. The van der Waals surface area contributed by atoms with Crippen molar-refractivity contribution >= 4 is 11.6 Å². The van der Waals surface area contributed by atoms with Gasteiger partial charge in [-0.1, -0.05) is 48.0 Å². The first-order valence-electron chi connectivity index (χ1n) is 7.03. The summed E-state index contributed by atoms with van der Waals surface area (Å²) in [5.74, 6) is -0.198. The van der Waals surface area contributed by atoms with E-state index in [0.29, 0.717) is 0 Å². The second-order valence-corrected chi connectivity index (χ2v) is 5.68. The van der Waals surface area contributed by atoms with E-state index in [1.54, 1.807) is 6.92 Å². The van der Waals surface area contributed by atoms with Gasteiger partial charge in [0.1, 0.15) is 0 Å². The number of anilines is 1. The van der Waals surface area contributed by atoms with Crippen molar-refractivity contribution in [3.8, 4) is 0 Å². The molecule has 0 radical (unpaired) electrons. The van der Waals surface area contributed by atoms with E-state index in [2.05, 4.69) is 5.32 Å². The van der Waals surface area contributed by atoms with Crippen molar-refractivity contribution in [2.75, 3.05) is 5.32 Å². The lowest BCUT2D eigenvalue weighted by Gasteiger charge is -2.23. The van der Waals surface area contributed by atoms with Crippen LogP contribution in [0.2, 0.25) is 0 Å². The summed E-state index contributed by atoms with van der Waals surface area (Å²) < 4.78 is 0. The van der Waals surface area contributed by atoms with Crippen molar-refractivity contribution in [3.05, 3.63) is 65.2 Å². The van der Waals surface area contributed by atoms with Crippen molar-refractivity contribution in [1.82, 2.24) is 0 Å². The van der Waals surface area contributed by atoms with E-state index in [1.807, 2.05) is 62.4 Å². The van der Waals surface area contributed by atoms with Gasteiger partial charge in [0.15, 0.2) is 0 Å². The number of carbonyl (C=O) groups excluding carboxylic acids is 1. The Kier molecular flexibility index (Phi) is 4.43. The molecule has 0 aromatic heterocycles. The minimum absolute atomic E-state index is 0.0182. The van der Waals surface area contributed by atoms with Gasteiger partial charge >= 0.3 is 0 Å². The first-order valence-corrected chi connectivity index (χ1v) is 7.03. The quantitative estimate of drug-likeness (QED) is 0.901. The van der Waals surface area contributed by atoms with Crippen LogP contribution in [0, 0.1) is 13.8 Å². The first-order chi connectivity index (χ1) is 9.88. The molecule has 21 heavy (non-hydrogen) atoms. The third kappa shape index (κ3) is 3.92. The van der Waals surface area contributed by atoms with E-state index in [0.717, 1.165) is 22.4 Å². The minimum atomic E-state index is -1.18. The second-order valence-electron chi connectivity index (χ2n) is 5.68. The number of nitrogens with one attached hydrogen (secondary N) is 1. The number of benzene rings is 2. The summed E-state index contributed by atoms with van der Waals surface area (Å²) >= 11 is 0. The smallest absolute Gasteiger partial charge is 0.227 e. The van der Waals surface area contributed by atoms with Crippen LogP contribution in [-0.2, 0) is 10.4 Å². The topological polar surface area (TPSA) is 49.3 Å². The highest BCUT2D eigenvalue weighted by Crippen LogP contribution is 2.25. The summed E-state index contributed by atoms with van der Waals surface area (Å²) in [6.45, 7) is 5.63. The first kappa shape index (κ1) is 15.3. The van der Waals surface area contributed by atoms with Gasteiger partial charge in [-0.05, 0) is 38.0 Å². The van der Waals surface area contributed by atoms with Crippen LogP contribution in [-0.4, -0.2) is 11.0 Å². The lowest BCUT2D eigenvalue weighted by atomic mass is 9.92. The fraction of sp³-hybridized carbons (Fsp3) is 0.278. The van der Waals surface area contributed by atoms with Crippen molar-refractivity contribution < 1.29 is 9.90 Å². The second kappa shape index (κ2) is 6.10. The Hall–Kier alpha value is -2.13. The van der Waals surface area contributed by atoms with E-state index in [4.69, 9.17) is 0 Å². The maximum absolute atomic E-state index is 12.2. The molecule has 0 spiro atoms. The number of amides is 1. The number of aliphatic hydroxyl groups is 1. The number of hydrogen-bond donors (Lipinski definition) is 2. The van der Waals surface area contributed by atoms with Gasteiger partial charge in [-0.25, -0.2) is 0 Å². The Bertz CT molecular complexity index is 633. The molecule has 0 saturated heterocycles. The van der Waals surface area contributed by atoms with Gasteiger partial charge in [0.05, 0.1) is 12.0 Å². The van der Waals surface area contributed by atoms with Gasteiger partial charge < -0.3 is 10.4 Å². The van der Waals surface area contributed by atoms with E-state index in [-0.39, 0.29) is 12.3 Å². The minimum Gasteiger partial charge on any atom is -0.385 e. The van der Waals surface area contributed by atoms with E-state index in [9.17, 15) is 9.90 Å². The molecule has 2 rings (SSSR count). The van der Waals surface area contributed by atoms with E-state index in [1.165, 1.54) is 0 Å². The zero-order valence-corrected chi connectivity index (χ0v) is 12.7. The van der Waals surface area contributed by atoms with Gasteiger partial charge in [0.2, 0.25) is 5.91 Å². The lowest BCUT2D eigenvalue weighted by molar-refractivity contribution is -0.120. The predicted octanol–water partition coefficient (Wildman–Crippen LogP) is 3.54. The van der Waals surface area contributed by atoms with Crippen molar-refractivity contribution in [3.63, 3.8) is 0 Å². The molecule has 0 fully saturated rings. The Morgan fingerprint density at radius 2 is 1.81 bits per heavy atom. The molecule has 0 saturated carbocycles. The molecular weight excluding hydrogens is 262 g/mol. The molecule has 0 aliphatic rings. The van der Waals surface area contributed by atoms with Gasteiger partial charge in [-0.3, -0.25) is 4.79 Å². The summed E-state index contributed by atoms with van der Waals surface area (Å²) in [5.41, 5.74) is 2.52. The summed E-state index contributed by atoms with van der Waals surface area (Å²) in [7, 11) is 0. The van der Waals surface area contributed by atoms with Crippen LogP contribution < -0.4 is 5.32 Å². The van der Waals surface area contributed by atoms with Crippen LogP contribution in [0.4, 0.5) is 5.69 Å². The number of rotatable bonds is 4. The monoisotopic (exact) mass is 283 g/mol. The standard InChI is InChI=1S/C18H21NO2/c1-13-9-10-16(14(2)11-13)19-17(20)12-18(3,21)15-7-5-4-6-8-15/h4-11,21H,12H2,1-3H3,(H,19,20). The highest BCUT2D eigenvalue weighted by atomic mass is 16.3. The fourth-order valence-corrected chi connectivity index (χ4v) is 2.36. The molecule has 3 heteroatoms. The molecule has 0 aliphatic carbocycles. The molecule has 2 aromatic rings. The average molecular weight is 283 g/mol. The van der Waals surface area contributed by atoms with Crippen LogP contribution in [0.5, 0.6) is 0 Å². The highest BCUT2D eigenvalue weighted by molar-refractivity contribution is 5.92. The summed E-state index contributed by atoms with van der Waals surface area (Å²) in [4.78, 5) is 12.2. The molecule has 2 N–H and O–H groups in total. The molecule has 1 amide bonds.